The number of nitrogens with one attached hydrogen (secondary N) is 1. The van der Waals surface area contributed by atoms with E-state index in [1.165, 1.54) is 6.07 Å². The third kappa shape index (κ3) is 3.29. The van der Waals surface area contributed by atoms with Crippen LogP contribution in [0.5, 0.6) is 0 Å². The zero-order chi connectivity index (χ0) is 15.8. The zero-order valence-electron chi connectivity index (χ0n) is 11.9. The van der Waals surface area contributed by atoms with Gasteiger partial charge in [-0.1, -0.05) is 6.07 Å². The molecule has 0 aliphatic carbocycles. The first-order chi connectivity index (χ1) is 9.69. The van der Waals surface area contributed by atoms with Crippen molar-refractivity contribution in [2.24, 2.45) is 0 Å². The minimum atomic E-state index is -0.869. The average molecular weight is 298 g/mol. The molecule has 0 spiro atoms. The number of halogens is 2. The third-order valence-electron chi connectivity index (χ3n) is 2.89. The van der Waals surface area contributed by atoms with Crippen molar-refractivity contribution < 1.29 is 23.1 Å². The summed E-state index contributed by atoms with van der Waals surface area (Å²) < 4.78 is 31.9. The summed E-state index contributed by atoms with van der Waals surface area (Å²) in [6.07, 6.45) is -0.869. The highest BCUT2D eigenvalue weighted by Crippen LogP contribution is 2.28. The fraction of sp³-hybridized carbons (Fsp3) is 0.429. The van der Waals surface area contributed by atoms with Crippen LogP contribution in [0.2, 0.25) is 0 Å². The van der Waals surface area contributed by atoms with Gasteiger partial charge in [-0.3, -0.25) is 0 Å². The molecule has 1 atom stereocenters. The first-order valence-electron chi connectivity index (χ1n) is 6.44. The van der Waals surface area contributed by atoms with Gasteiger partial charge in [-0.15, -0.1) is 0 Å². The van der Waals surface area contributed by atoms with E-state index in [1.807, 2.05) is 0 Å². The van der Waals surface area contributed by atoms with Crippen molar-refractivity contribution >= 4 is 12.1 Å². The van der Waals surface area contributed by atoms with Gasteiger partial charge in [0, 0.05) is 18.2 Å². The van der Waals surface area contributed by atoms with Gasteiger partial charge in [0.25, 0.3) is 0 Å². The number of amides is 3. The van der Waals surface area contributed by atoms with Crippen LogP contribution in [-0.4, -0.2) is 29.2 Å². The molecule has 5 nitrogen and oxygen atoms in total. The monoisotopic (exact) mass is 298 g/mol. The van der Waals surface area contributed by atoms with E-state index in [0.717, 1.165) is 11.0 Å². The molecule has 2 rings (SSSR count). The summed E-state index contributed by atoms with van der Waals surface area (Å²) in [6.45, 7) is 5.02. The number of ether oxygens (including phenoxy) is 1. The summed E-state index contributed by atoms with van der Waals surface area (Å²) >= 11 is 0. The molecule has 1 aromatic rings. The Balaban J connectivity index is 2.30. The van der Waals surface area contributed by atoms with E-state index in [0.29, 0.717) is 6.07 Å². The first kappa shape index (κ1) is 15.2. The molecule has 1 heterocycles. The van der Waals surface area contributed by atoms with Crippen molar-refractivity contribution in [1.29, 1.82) is 0 Å². The maximum Gasteiger partial charge on any atom is 0.419 e. The number of nitrogens with zero attached hydrogens (tertiary/aromatic N) is 1. The molecule has 1 aliphatic rings. The van der Waals surface area contributed by atoms with Crippen molar-refractivity contribution in [2.75, 3.05) is 6.54 Å². The van der Waals surface area contributed by atoms with Crippen molar-refractivity contribution in [2.45, 2.75) is 32.4 Å². The Morgan fingerprint density at radius 3 is 2.62 bits per heavy atom. The van der Waals surface area contributed by atoms with Crippen LogP contribution in [0.1, 0.15) is 32.4 Å². The van der Waals surface area contributed by atoms with Crippen LogP contribution >= 0.6 is 0 Å². The summed E-state index contributed by atoms with van der Waals surface area (Å²) in [5.41, 5.74) is -0.730. The second kappa shape index (κ2) is 5.31. The van der Waals surface area contributed by atoms with Gasteiger partial charge >= 0.3 is 12.1 Å². The molecule has 3 amide bonds. The van der Waals surface area contributed by atoms with Crippen LogP contribution < -0.4 is 5.32 Å². The molecule has 1 aliphatic heterocycles. The SMILES string of the molecule is CC(C)(C)OC(=O)N1C(=O)NCC1c1ccc(F)cc1F. The molecule has 1 N–H and O–H groups in total. The van der Waals surface area contributed by atoms with E-state index in [2.05, 4.69) is 5.32 Å². The topological polar surface area (TPSA) is 58.6 Å². The molecule has 21 heavy (non-hydrogen) atoms. The molecular weight excluding hydrogens is 282 g/mol. The van der Waals surface area contributed by atoms with Gasteiger partial charge in [0.15, 0.2) is 0 Å². The molecule has 0 bridgehead atoms. The van der Waals surface area contributed by atoms with Gasteiger partial charge < -0.3 is 10.1 Å². The zero-order valence-corrected chi connectivity index (χ0v) is 11.9. The molecule has 1 fully saturated rings. The molecule has 0 saturated carbocycles. The molecule has 1 aromatic carbocycles. The number of hydrogen-bond donors (Lipinski definition) is 1. The van der Waals surface area contributed by atoms with E-state index >= 15 is 0 Å². The predicted molar refractivity (Wildman–Crippen MR) is 70.6 cm³/mol. The predicted octanol–water partition coefficient (Wildman–Crippen LogP) is 2.97. The van der Waals surface area contributed by atoms with Crippen molar-refractivity contribution in [3.05, 3.63) is 35.4 Å². The second-order valence-corrected chi connectivity index (χ2v) is 5.72. The van der Waals surface area contributed by atoms with Crippen molar-refractivity contribution in [3.8, 4) is 0 Å². The van der Waals surface area contributed by atoms with Gasteiger partial charge in [0.1, 0.15) is 17.2 Å². The van der Waals surface area contributed by atoms with Crippen LogP contribution in [0.25, 0.3) is 0 Å². The molecule has 0 aromatic heterocycles. The first-order valence-corrected chi connectivity index (χ1v) is 6.44. The summed E-state index contributed by atoms with van der Waals surface area (Å²) in [5, 5.41) is 2.45. The standard InChI is InChI=1S/C14H16F2N2O3/c1-14(2,3)21-13(20)18-11(7-17-12(18)19)9-5-4-8(15)6-10(9)16/h4-6,11H,7H2,1-3H3,(H,17,19). The molecule has 7 heteroatoms. The number of imide groups is 1. The lowest BCUT2D eigenvalue weighted by Gasteiger charge is -2.26. The van der Waals surface area contributed by atoms with E-state index in [1.54, 1.807) is 20.8 Å². The van der Waals surface area contributed by atoms with Crippen LogP contribution in [0.3, 0.4) is 0 Å². The highest BCUT2D eigenvalue weighted by Gasteiger charge is 2.40. The highest BCUT2D eigenvalue weighted by molar-refractivity contribution is 5.93. The fourth-order valence-corrected chi connectivity index (χ4v) is 2.04. The quantitative estimate of drug-likeness (QED) is 0.867. The van der Waals surface area contributed by atoms with E-state index < -0.39 is 35.4 Å². The Bertz CT molecular complexity index is 584. The van der Waals surface area contributed by atoms with Crippen LogP contribution in [0.15, 0.2) is 18.2 Å². The number of benzene rings is 1. The van der Waals surface area contributed by atoms with Gasteiger partial charge in [-0.25, -0.2) is 23.3 Å². The Morgan fingerprint density at radius 1 is 1.38 bits per heavy atom. The Morgan fingerprint density at radius 2 is 2.05 bits per heavy atom. The van der Waals surface area contributed by atoms with Gasteiger partial charge in [0.2, 0.25) is 0 Å². The lowest BCUT2D eigenvalue weighted by Crippen LogP contribution is -2.40. The number of carbonyl (C=O) groups excluding carboxylic acids is 2. The molecular formula is C14H16F2N2O3. The summed E-state index contributed by atoms with van der Waals surface area (Å²) in [6, 6.07) is 1.47. The maximum atomic E-state index is 13.8. The second-order valence-electron chi connectivity index (χ2n) is 5.72. The van der Waals surface area contributed by atoms with Crippen molar-refractivity contribution in [3.63, 3.8) is 0 Å². The molecule has 114 valence electrons. The molecule has 1 unspecified atom stereocenters. The summed E-state index contributed by atoms with van der Waals surface area (Å²) in [4.78, 5) is 24.7. The van der Waals surface area contributed by atoms with E-state index in [-0.39, 0.29) is 12.1 Å². The number of urea groups is 1. The Kier molecular flexibility index (Phi) is 3.85. The summed E-state index contributed by atoms with van der Waals surface area (Å²) in [7, 11) is 0. The summed E-state index contributed by atoms with van der Waals surface area (Å²) in [5.74, 6) is -1.54. The van der Waals surface area contributed by atoms with Gasteiger partial charge in [-0.2, -0.15) is 0 Å². The van der Waals surface area contributed by atoms with Crippen LogP contribution in [0, 0.1) is 11.6 Å². The molecule has 0 radical (unpaired) electrons. The maximum absolute atomic E-state index is 13.8. The van der Waals surface area contributed by atoms with E-state index in [4.69, 9.17) is 4.74 Å². The Hall–Kier alpha value is -2.18. The highest BCUT2D eigenvalue weighted by atomic mass is 19.1. The van der Waals surface area contributed by atoms with Gasteiger partial charge in [-0.05, 0) is 26.8 Å². The average Bonchev–Trinajstić information content (AvgIpc) is 2.68. The molecule has 1 saturated heterocycles. The lowest BCUT2D eigenvalue weighted by atomic mass is 10.1. The van der Waals surface area contributed by atoms with Crippen LogP contribution in [0.4, 0.5) is 18.4 Å². The minimum Gasteiger partial charge on any atom is -0.443 e. The number of rotatable bonds is 1. The third-order valence-corrected chi connectivity index (χ3v) is 2.89. The van der Waals surface area contributed by atoms with Crippen LogP contribution in [-0.2, 0) is 4.74 Å². The van der Waals surface area contributed by atoms with E-state index in [9.17, 15) is 18.4 Å². The number of hydrogen-bond acceptors (Lipinski definition) is 3. The Labute approximate surface area is 120 Å². The minimum absolute atomic E-state index is 0.0423. The normalized spacial score (nSPS) is 18.6. The smallest absolute Gasteiger partial charge is 0.419 e. The van der Waals surface area contributed by atoms with Gasteiger partial charge in [0.05, 0.1) is 6.04 Å². The number of carbonyl (C=O) groups is 2. The fourth-order valence-electron chi connectivity index (χ4n) is 2.04. The lowest BCUT2D eigenvalue weighted by molar-refractivity contribution is 0.0296. The van der Waals surface area contributed by atoms with Crippen molar-refractivity contribution in [1.82, 2.24) is 10.2 Å². The largest absolute Gasteiger partial charge is 0.443 e.